The summed E-state index contributed by atoms with van der Waals surface area (Å²) in [4.78, 5) is 22.5. The zero-order valence-corrected chi connectivity index (χ0v) is 8.04. The lowest BCUT2D eigenvalue weighted by atomic mass is 10.3. The molecule has 1 N–H and O–H groups in total. The highest BCUT2D eigenvalue weighted by atomic mass is 16.4. The van der Waals surface area contributed by atoms with E-state index in [1.807, 2.05) is 0 Å². The highest BCUT2D eigenvalue weighted by molar-refractivity contribution is 5.94. The maximum atomic E-state index is 11.6. The Labute approximate surface area is 84.4 Å². The van der Waals surface area contributed by atoms with Crippen molar-refractivity contribution < 1.29 is 9.90 Å². The normalized spacial score (nSPS) is 10.7. The highest BCUT2D eigenvalue weighted by Crippen LogP contribution is 2.05. The molecule has 6 heteroatoms. The molecule has 6 nitrogen and oxygen atoms in total. The smallest absolute Gasteiger partial charge is 0.350 e. The van der Waals surface area contributed by atoms with Gasteiger partial charge in [-0.1, -0.05) is 0 Å². The first-order valence-electron chi connectivity index (χ1n) is 4.46. The number of carboxylic acid groups (broad SMARTS) is 1. The summed E-state index contributed by atoms with van der Waals surface area (Å²) >= 11 is 0. The summed E-state index contributed by atoms with van der Waals surface area (Å²) in [6, 6.07) is 2.93. The van der Waals surface area contributed by atoms with Crippen LogP contribution in [0.1, 0.15) is 17.3 Å². The lowest BCUT2D eigenvalue weighted by Crippen LogP contribution is -2.19. The van der Waals surface area contributed by atoms with Crippen molar-refractivity contribution in [2.24, 2.45) is 0 Å². The van der Waals surface area contributed by atoms with E-state index >= 15 is 0 Å². The molecule has 0 fully saturated rings. The predicted molar refractivity (Wildman–Crippen MR) is 52.1 cm³/mol. The summed E-state index contributed by atoms with van der Waals surface area (Å²) in [5.74, 6) is -1.09. The van der Waals surface area contributed by atoms with Crippen LogP contribution in [0.2, 0.25) is 0 Å². The van der Waals surface area contributed by atoms with Crippen molar-refractivity contribution >= 4 is 11.6 Å². The van der Waals surface area contributed by atoms with E-state index in [0.717, 1.165) is 0 Å². The van der Waals surface area contributed by atoms with Crippen molar-refractivity contribution in [1.29, 1.82) is 0 Å². The Hall–Kier alpha value is -2.11. The topological polar surface area (TPSA) is 76.6 Å². The van der Waals surface area contributed by atoms with Crippen LogP contribution in [0.25, 0.3) is 5.65 Å². The molecule has 0 aliphatic rings. The third-order valence-electron chi connectivity index (χ3n) is 2.14. The molecule has 0 radical (unpaired) electrons. The number of fused-ring (bicyclic) bond motifs is 1. The van der Waals surface area contributed by atoms with Gasteiger partial charge in [0.1, 0.15) is 5.56 Å². The largest absolute Gasteiger partial charge is 0.478 e. The van der Waals surface area contributed by atoms with Crippen LogP contribution in [0.4, 0.5) is 0 Å². The number of pyridine rings is 1. The van der Waals surface area contributed by atoms with Crippen LogP contribution in [-0.2, 0) is 6.54 Å². The fourth-order valence-electron chi connectivity index (χ4n) is 1.41. The molecule has 0 saturated carbocycles. The van der Waals surface area contributed by atoms with E-state index in [0.29, 0.717) is 6.54 Å². The van der Waals surface area contributed by atoms with Gasteiger partial charge in [-0.2, -0.15) is 0 Å². The Kier molecular flexibility index (Phi) is 2.03. The van der Waals surface area contributed by atoms with Gasteiger partial charge in [0.2, 0.25) is 0 Å². The van der Waals surface area contributed by atoms with E-state index in [1.165, 1.54) is 27.4 Å². The molecule has 2 heterocycles. The van der Waals surface area contributed by atoms with Gasteiger partial charge in [0.15, 0.2) is 5.65 Å². The van der Waals surface area contributed by atoms with E-state index in [9.17, 15) is 9.59 Å². The van der Waals surface area contributed by atoms with Crippen LogP contribution in [0.3, 0.4) is 0 Å². The monoisotopic (exact) mass is 207 g/mol. The number of hydrogen-bond acceptors (Lipinski definition) is 3. The summed E-state index contributed by atoms with van der Waals surface area (Å²) in [6.07, 6.45) is 1.50. The van der Waals surface area contributed by atoms with Crippen LogP contribution < -0.4 is 5.69 Å². The second kappa shape index (κ2) is 3.23. The Morgan fingerprint density at radius 3 is 2.93 bits per heavy atom. The van der Waals surface area contributed by atoms with Gasteiger partial charge in [0.05, 0.1) is 0 Å². The van der Waals surface area contributed by atoms with E-state index in [4.69, 9.17) is 5.11 Å². The molecule has 0 amide bonds. The molecular formula is C9H9N3O3. The summed E-state index contributed by atoms with van der Waals surface area (Å²) < 4.78 is 2.45. The number of rotatable bonds is 2. The van der Waals surface area contributed by atoms with E-state index in [2.05, 4.69) is 5.10 Å². The molecule has 0 bridgehead atoms. The fourth-order valence-corrected chi connectivity index (χ4v) is 1.41. The van der Waals surface area contributed by atoms with Gasteiger partial charge in [0, 0.05) is 12.7 Å². The molecule has 0 aromatic carbocycles. The van der Waals surface area contributed by atoms with Crippen molar-refractivity contribution in [3.63, 3.8) is 0 Å². The van der Waals surface area contributed by atoms with E-state index in [1.54, 1.807) is 6.92 Å². The van der Waals surface area contributed by atoms with Crippen molar-refractivity contribution in [3.8, 4) is 0 Å². The number of nitrogens with zero attached hydrogens (tertiary/aromatic N) is 3. The first-order chi connectivity index (χ1) is 7.15. The van der Waals surface area contributed by atoms with Gasteiger partial charge >= 0.3 is 11.7 Å². The highest BCUT2D eigenvalue weighted by Gasteiger charge is 2.13. The minimum absolute atomic E-state index is 0.0294. The maximum absolute atomic E-state index is 11.6. The molecule has 0 saturated heterocycles. The summed E-state index contributed by atoms with van der Waals surface area (Å²) in [6.45, 7) is 2.19. The molecule has 15 heavy (non-hydrogen) atoms. The van der Waals surface area contributed by atoms with Crippen molar-refractivity contribution in [2.45, 2.75) is 13.5 Å². The first kappa shape index (κ1) is 9.45. The van der Waals surface area contributed by atoms with E-state index in [-0.39, 0.29) is 16.9 Å². The van der Waals surface area contributed by atoms with Gasteiger partial charge in [-0.3, -0.25) is 0 Å². The molecule has 0 atom stereocenters. The average molecular weight is 207 g/mol. The van der Waals surface area contributed by atoms with Gasteiger partial charge in [-0.25, -0.2) is 18.7 Å². The molecule has 2 aromatic heterocycles. The van der Waals surface area contributed by atoms with Gasteiger partial charge in [-0.05, 0) is 19.1 Å². The Bertz CT molecular complexity index is 582. The van der Waals surface area contributed by atoms with Crippen LogP contribution in [-0.4, -0.2) is 25.3 Å². The summed E-state index contributed by atoms with van der Waals surface area (Å²) in [5, 5.41) is 12.8. The third kappa shape index (κ3) is 1.30. The SMILES string of the molecule is CCn1nc2c(C(=O)O)cccn2c1=O. The number of carbonyl (C=O) groups is 1. The van der Waals surface area contributed by atoms with Crippen molar-refractivity contribution in [2.75, 3.05) is 0 Å². The second-order valence-electron chi connectivity index (χ2n) is 3.02. The zero-order valence-electron chi connectivity index (χ0n) is 8.04. The molecule has 0 unspecified atom stereocenters. The van der Waals surface area contributed by atoms with Crippen molar-refractivity contribution in [1.82, 2.24) is 14.2 Å². The van der Waals surface area contributed by atoms with Crippen LogP contribution in [0.15, 0.2) is 23.1 Å². The number of carboxylic acids is 1. The third-order valence-corrected chi connectivity index (χ3v) is 2.14. The van der Waals surface area contributed by atoms with Crippen molar-refractivity contribution in [3.05, 3.63) is 34.4 Å². The number of hydrogen-bond donors (Lipinski definition) is 1. The predicted octanol–water partition coefficient (Wildman–Crippen LogP) is 0.214. The minimum Gasteiger partial charge on any atom is -0.478 e. The van der Waals surface area contributed by atoms with Gasteiger partial charge in [0.25, 0.3) is 0 Å². The zero-order chi connectivity index (χ0) is 11.0. The standard InChI is InChI=1S/C9H9N3O3/c1-2-12-9(15)11-5-3-4-6(8(13)14)7(11)10-12/h3-5H,2H2,1H3,(H,13,14). The van der Waals surface area contributed by atoms with Crippen LogP contribution in [0.5, 0.6) is 0 Å². The Balaban J connectivity index is 2.88. The molecule has 2 aromatic rings. The molecule has 0 aliphatic carbocycles. The minimum atomic E-state index is -1.09. The summed E-state index contributed by atoms with van der Waals surface area (Å²) in [5.41, 5.74) is -0.116. The molecule has 2 rings (SSSR count). The Morgan fingerprint density at radius 1 is 1.60 bits per heavy atom. The molecule has 0 aliphatic heterocycles. The Morgan fingerprint density at radius 2 is 2.33 bits per heavy atom. The molecule has 0 spiro atoms. The van der Waals surface area contributed by atoms with Crippen LogP contribution >= 0.6 is 0 Å². The maximum Gasteiger partial charge on any atom is 0.350 e. The van der Waals surface area contributed by atoms with E-state index < -0.39 is 5.97 Å². The number of aromatic carboxylic acids is 1. The fraction of sp³-hybridized carbons (Fsp3) is 0.222. The number of aryl methyl sites for hydroxylation is 1. The average Bonchev–Trinajstić information content (AvgIpc) is 2.55. The van der Waals surface area contributed by atoms with Crippen LogP contribution in [0, 0.1) is 0 Å². The lowest BCUT2D eigenvalue weighted by Gasteiger charge is -1.94. The summed E-state index contributed by atoms with van der Waals surface area (Å²) in [7, 11) is 0. The quantitative estimate of drug-likeness (QED) is 0.763. The second-order valence-corrected chi connectivity index (χ2v) is 3.02. The molecular weight excluding hydrogens is 198 g/mol. The van der Waals surface area contributed by atoms with Gasteiger partial charge < -0.3 is 5.11 Å². The van der Waals surface area contributed by atoms with Gasteiger partial charge in [-0.15, -0.1) is 5.10 Å². The lowest BCUT2D eigenvalue weighted by molar-refractivity contribution is 0.0698. The molecule has 78 valence electrons. The first-order valence-corrected chi connectivity index (χ1v) is 4.46. The number of aromatic nitrogens is 3.